The molecule has 0 saturated heterocycles. The standard InChI is InChI=1S/C13H18O3/c1-2-3-4-5-12(14)10-6-8-11(9-7-10)13(15)16/h6-9,12,14H,2-5H2,1H3,(H,15,16). The Labute approximate surface area is 95.7 Å². The number of carboxylic acid groups (broad SMARTS) is 1. The summed E-state index contributed by atoms with van der Waals surface area (Å²) in [5.41, 5.74) is 1.05. The molecule has 0 spiro atoms. The van der Waals surface area contributed by atoms with Gasteiger partial charge in [-0.1, -0.05) is 38.3 Å². The molecule has 1 unspecified atom stereocenters. The summed E-state index contributed by atoms with van der Waals surface area (Å²) in [5.74, 6) is -0.938. The van der Waals surface area contributed by atoms with Gasteiger partial charge in [0.1, 0.15) is 0 Å². The lowest BCUT2D eigenvalue weighted by atomic mass is 10.0. The molecule has 1 atom stereocenters. The van der Waals surface area contributed by atoms with Crippen molar-refractivity contribution in [1.29, 1.82) is 0 Å². The third-order valence-corrected chi connectivity index (χ3v) is 2.62. The van der Waals surface area contributed by atoms with E-state index in [1.165, 1.54) is 12.1 Å². The first-order valence-corrected chi connectivity index (χ1v) is 5.66. The van der Waals surface area contributed by atoms with Gasteiger partial charge >= 0.3 is 5.97 Å². The van der Waals surface area contributed by atoms with Crippen LogP contribution in [0.3, 0.4) is 0 Å². The van der Waals surface area contributed by atoms with Crippen LogP contribution in [-0.2, 0) is 0 Å². The topological polar surface area (TPSA) is 57.5 Å². The van der Waals surface area contributed by atoms with Crippen molar-refractivity contribution >= 4 is 5.97 Å². The number of carboxylic acids is 1. The second kappa shape index (κ2) is 6.28. The molecule has 0 aliphatic rings. The lowest BCUT2D eigenvalue weighted by Crippen LogP contribution is -2.00. The monoisotopic (exact) mass is 222 g/mol. The van der Waals surface area contributed by atoms with Gasteiger partial charge in [-0.15, -0.1) is 0 Å². The summed E-state index contributed by atoms with van der Waals surface area (Å²) >= 11 is 0. The van der Waals surface area contributed by atoms with Gasteiger partial charge in [0.25, 0.3) is 0 Å². The van der Waals surface area contributed by atoms with Gasteiger partial charge in [-0.05, 0) is 24.1 Å². The van der Waals surface area contributed by atoms with Crippen molar-refractivity contribution in [1.82, 2.24) is 0 Å². The Morgan fingerprint density at radius 2 is 1.88 bits per heavy atom. The number of unbranched alkanes of at least 4 members (excludes halogenated alkanes) is 2. The molecule has 2 N–H and O–H groups in total. The number of benzene rings is 1. The van der Waals surface area contributed by atoms with Crippen LogP contribution in [0.15, 0.2) is 24.3 Å². The summed E-state index contributed by atoms with van der Waals surface area (Å²) in [6.45, 7) is 2.12. The van der Waals surface area contributed by atoms with E-state index >= 15 is 0 Å². The second-order valence-electron chi connectivity index (χ2n) is 3.94. The molecule has 0 aliphatic carbocycles. The van der Waals surface area contributed by atoms with E-state index in [0.29, 0.717) is 0 Å². The van der Waals surface area contributed by atoms with Crippen molar-refractivity contribution in [2.24, 2.45) is 0 Å². The largest absolute Gasteiger partial charge is 0.478 e. The molecule has 3 heteroatoms. The number of aliphatic hydroxyl groups excluding tert-OH is 1. The first-order chi connectivity index (χ1) is 7.65. The molecular formula is C13H18O3. The van der Waals surface area contributed by atoms with Gasteiger partial charge in [0, 0.05) is 0 Å². The highest BCUT2D eigenvalue weighted by atomic mass is 16.4. The highest BCUT2D eigenvalue weighted by Gasteiger charge is 2.08. The van der Waals surface area contributed by atoms with Crippen LogP contribution in [0, 0.1) is 0 Å². The fourth-order valence-electron chi connectivity index (χ4n) is 1.60. The third-order valence-electron chi connectivity index (χ3n) is 2.62. The van der Waals surface area contributed by atoms with Gasteiger partial charge in [-0.2, -0.15) is 0 Å². The van der Waals surface area contributed by atoms with Crippen molar-refractivity contribution in [2.75, 3.05) is 0 Å². The van der Waals surface area contributed by atoms with Gasteiger partial charge < -0.3 is 10.2 Å². The van der Waals surface area contributed by atoms with E-state index in [9.17, 15) is 9.90 Å². The molecule has 0 radical (unpaired) electrons. The van der Waals surface area contributed by atoms with E-state index in [1.807, 2.05) is 0 Å². The summed E-state index contributed by atoms with van der Waals surface area (Å²) in [5, 5.41) is 18.6. The van der Waals surface area contributed by atoms with Gasteiger partial charge in [-0.3, -0.25) is 0 Å². The van der Waals surface area contributed by atoms with Crippen LogP contribution in [-0.4, -0.2) is 16.2 Å². The Hall–Kier alpha value is -1.35. The van der Waals surface area contributed by atoms with E-state index in [0.717, 1.165) is 31.2 Å². The zero-order valence-corrected chi connectivity index (χ0v) is 9.52. The zero-order valence-electron chi connectivity index (χ0n) is 9.52. The molecule has 88 valence electrons. The molecule has 16 heavy (non-hydrogen) atoms. The lowest BCUT2D eigenvalue weighted by molar-refractivity contribution is 0.0696. The minimum absolute atomic E-state index is 0.254. The number of aromatic carboxylic acids is 1. The lowest BCUT2D eigenvalue weighted by Gasteiger charge is -2.10. The van der Waals surface area contributed by atoms with Gasteiger partial charge in [0.15, 0.2) is 0 Å². The van der Waals surface area contributed by atoms with Crippen LogP contribution in [0.1, 0.15) is 54.6 Å². The Kier molecular flexibility index (Phi) is 4.99. The molecule has 0 fully saturated rings. The van der Waals surface area contributed by atoms with Crippen molar-refractivity contribution in [3.05, 3.63) is 35.4 Å². The summed E-state index contributed by atoms with van der Waals surface area (Å²) in [6.07, 6.45) is 3.50. The quantitative estimate of drug-likeness (QED) is 0.727. The zero-order chi connectivity index (χ0) is 12.0. The predicted octanol–water partition coefficient (Wildman–Crippen LogP) is 3.00. The molecule has 0 aromatic heterocycles. The molecule has 1 aromatic carbocycles. The van der Waals surface area contributed by atoms with Crippen molar-refractivity contribution in [2.45, 2.75) is 38.7 Å². The fraction of sp³-hybridized carbons (Fsp3) is 0.462. The maximum absolute atomic E-state index is 10.6. The summed E-state index contributed by atoms with van der Waals surface area (Å²) in [7, 11) is 0. The second-order valence-corrected chi connectivity index (χ2v) is 3.94. The van der Waals surface area contributed by atoms with E-state index in [4.69, 9.17) is 5.11 Å². The first-order valence-electron chi connectivity index (χ1n) is 5.66. The third kappa shape index (κ3) is 3.66. The summed E-state index contributed by atoms with van der Waals surface area (Å²) in [6, 6.07) is 6.42. The van der Waals surface area contributed by atoms with Crippen molar-refractivity contribution in [3.8, 4) is 0 Å². The first kappa shape index (κ1) is 12.7. The molecule has 0 heterocycles. The molecule has 1 aromatic rings. The van der Waals surface area contributed by atoms with Crippen LogP contribution in [0.2, 0.25) is 0 Å². The van der Waals surface area contributed by atoms with Gasteiger partial charge in [0.2, 0.25) is 0 Å². The van der Waals surface area contributed by atoms with E-state index in [1.54, 1.807) is 12.1 Å². The Morgan fingerprint density at radius 1 is 1.25 bits per heavy atom. The predicted molar refractivity (Wildman–Crippen MR) is 62.5 cm³/mol. The number of hydrogen-bond donors (Lipinski definition) is 2. The summed E-state index contributed by atoms with van der Waals surface area (Å²) in [4.78, 5) is 10.6. The fourth-order valence-corrected chi connectivity index (χ4v) is 1.60. The molecule has 0 amide bonds. The molecule has 0 saturated carbocycles. The minimum atomic E-state index is -0.938. The van der Waals surface area contributed by atoms with E-state index < -0.39 is 12.1 Å². The number of carbonyl (C=O) groups is 1. The smallest absolute Gasteiger partial charge is 0.335 e. The van der Waals surface area contributed by atoms with Crippen LogP contribution in [0.4, 0.5) is 0 Å². The summed E-state index contributed by atoms with van der Waals surface area (Å²) < 4.78 is 0. The number of aliphatic hydroxyl groups is 1. The Morgan fingerprint density at radius 3 is 2.38 bits per heavy atom. The van der Waals surface area contributed by atoms with E-state index in [-0.39, 0.29) is 5.56 Å². The van der Waals surface area contributed by atoms with Crippen molar-refractivity contribution < 1.29 is 15.0 Å². The Balaban J connectivity index is 2.56. The molecule has 0 bridgehead atoms. The maximum Gasteiger partial charge on any atom is 0.335 e. The Bertz CT molecular complexity index is 330. The van der Waals surface area contributed by atoms with Gasteiger partial charge in [-0.25, -0.2) is 4.79 Å². The average molecular weight is 222 g/mol. The molecular weight excluding hydrogens is 204 g/mol. The average Bonchev–Trinajstić information content (AvgIpc) is 2.29. The van der Waals surface area contributed by atoms with Crippen LogP contribution < -0.4 is 0 Å². The highest BCUT2D eigenvalue weighted by Crippen LogP contribution is 2.20. The SMILES string of the molecule is CCCCCC(O)c1ccc(C(=O)O)cc1. The molecule has 1 rings (SSSR count). The highest BCUT2D eigenvalue weighted by molar-refractivity contribution is 5.87. The van der Waals surface area contributed by atoms with Crippen molar-refractivity contribution in [3.63, 3.8) is 0 Å². The minimum Gasteiger partial charge on any atom is -0.478 e. The van der Waals surface area contributed by atoms with E-state index in [2.05, 4.69) is 6.92 Å². The molecule has 3 nitrogen and oxygen atoms in total. The maximum atomic E-state index is 10.6. The molecule has 0 aliphatic heterocycles. The van der Waals surface area contributed by atoms with Crippen LogP contribution in [0.5, 0.6) is 0 Å². The number of hydrogen-bond acceptors (Lipinski definition) is 2. The van der Waals surface area contributed by atoms with Crippen LogP contribution in [0.25, 0.3) is 0 Å². The van der Waals surface area contributed by atoms with Crippen LogP contribution >= 0.6 is 0 Å². The normalized spacial score (nSPS) is 12.4. The van der Waals surface area contributed by atoms with Gasteiger partial charge in [0.05, 0.1) is 11.7 Å². The number of rotatable bonds is 6.